The van der Waals surface area contributed by atoms with Crippen molar-refractivity contribution in [2.75, 3.05) is 40.9 Å². The van der Waals surface area contributed by atoms with Gasteiger partial charge in [0.15, 0.2) is 17.5 Å². The number of hydrogen-bond acceptors (Lipinski definition) is 4. The van der Waals surface area contributed by atoms with Gasteiger partial charge in [0.1, 0.15) is 0 Å². The van der Waals surface area contributed by atoms with Gasteiger partial charge in [0, 0.05) is 45.7 Å². The number of carbonyl (C=O) groups is 1. The zero-order chi connectivity index (χ0) is 20.8. The number of carbonyl (C=O) groups excluding carboxylic acids is 1. The lowest BCUT2D eigenvalue weighted by Crippen LogP contribution is -2.46. The second-order valence-corrected chi connectivity index (χ2v) is 7.80. The Morgan fingerprint density at radius 2 is 1.87 bits per heavy atom. The largest absolute Gasteiger partial charge is 0.493 e. The van der Waals surface area contributed by atoms with E-state index < -0.39 is 0 Å². The molecule has 30 heavy (non-hydrogen) atoms. The number of methoxy groups -OCH3 is 2. The molecule has 1 unspecified atom stereocenters. The first kappa shape index (κ1) is 24.6. The number of piperidine rings is 1. The quantitative estimate of drug-likeness (QED) is 0.360. The lowest BCUT2D eigenvalue weighted by atomic mass is 9.99. The number of likely N-dealkylation sites (tertiary alicyclic amines) is 1. The molecule has 1 N–H and O–H groups in total. The van der Waals surface area contributed by atoms with Crippen LogP contribution in [0.2, 0.25) is 0 Å². The van der Waals surface area contributed by atoms with Crippen LogP contribution in [0, 0.1) is 0 Å². The molecule has 8 heteroatoms. The third kappa shape index (κ3) is 5.70. The van der Waals surface area contributed by atoms with Crippen LogP contribution in [0.15, 0.2) is 17.1 Å². The molecule has 1 aromatic carbocycles. The maximum absolute atomic E-state index is 12.6. The van der Waals surface area contributed by atoms with Crippen molar-refractivity contribution < 1.29 is 14.3 Å². The fourth-order valence-corrected chi connectivity index (χ4v) is 4.29. The van der Waals surface area contributed by atoms with Gasteiger partial charge in [-0.25, -0.2) is 0 Å². The van der Waals surface area contributed by atoms with E-state index in [0.29, 0.717) is 19.0 Å². The molecule has 2 aliphatic rings. The molecule has 2 aliphatic heterocycles. The summed E-state index contributed by atoms with van der Waals surface area (Å²) in [6.45, 7) is 5.27. The Bertz CT molecular complexity index is 756. The molecule has 2 heterocycles. The fourth-order valence-electron chi connectivity index (χ4n) is 4.29. The number of aliphatic imine (C=N–C) groups is 1. The Balaban J connectivity index is 0.00000320. The number of amides is 1. The molecule has 0 aliphatic carbocycles. The van der Waals surface area contributed by atoms with Crippen LogP contribution in [-0.4, -0.2) is 68.6 Å². The molecular formula is C22H35IN4O3. The molecule has 1 aromatic rings. The summed E-state index contributed by atoms with van der Waals surface area (Å²) in [4.78, 5) is 21.2. The minimum absolute atomic E-state index is 0. The first-order chi connectivity index (χ1) is 14.1. The fraction of sp³-hybridized carbons (Fsp3) is 0.636. The molecule has 1 atom stereocenters. The van der Waals surface area contributed by atoms with E-state index in [9.17, 15) is 4.79 Å². The lowest BCUT2D eigenvalue weighted by molar-refractivity contribution is -0.134. The third-order valence-corrected chi connectivity index (χ3v) is 5.97. The average molecular weight is 530 g/mol. The van der Waals surface area contributed by atoms with Gasteiger partial charge in [-0.2, -0.15) is 0 Å². The predicted octanol–water partition coefficient (Wildman–Crippen LogP) is 3.05. The maximum atomic E-state index is 12.6. The van der Waals surface area contributed by atoms with Crippen molar-refractivity contribution in [3.8, 4) is 11.5 Å². The number of nitrogens with one attached hydrogen (secondary N) is 1. The zero-order valence-corrected chi connectivity index (χ0v) is 20.9. The minimum Gasteiger partial charge on any atom is -0.493 e. The highest BCUT2D eigenvalue weighted by molar-refractivity contribution is 14.0. The molecule has 0 spiro atoms. The van der Waals surface area contributed by atoms with Crippen molar-refractivity contribution in [1.82, 2.24) is 15.1 Å². The number of nitrogens with zero attached hydrogens (tertiary/aromatic N) is 3. The monoisotopic (exact) mass is 530 g/mol. The predicted molar refractivity (Wildman–Crippen MR) is 130 cm³/mol. The van der Waals surface area contributed by atoms with E-state index in [1.54, 1.807) is 21.3 Å². The summed E-state index contributed by atoms with van der Waals surface area (Å²) < 4.78 is 10.9. The minimum atomic E-state index is 0. The SMILES string of the molecule is CN=C(NCCC(=O)N1CCCCC1C)N1CCc2cc(OC)c(OC)cc2C1.I. The summed E-state index contributed by atoms with van der Waals surface area (Å²) in [7, 11) is 5.11. The number of halogens is 1. The molecule has 0 bridgehead atoms. The molecule has 1 saturated heterocycles. The Hall–Kier alpha value is -1.71. The van der Waals surface area contributed by atoms with Crippen molar-refractivity contribution in [2.45, 2.75) is 51.6 Å². The van der Waals surface area contributed by atoms with E-state index in [4.69, 9.17) is 9.47 Å². The molecular weight excluding hydrogens is 495 g/mol. The Kier molecular flexibility index (Phi) is 9.51. The third-order valence-electron chi connectivity index (χ3n) is 5.97. The molecule has 168 valence electrons. The van der Waals surface area contributed by atoms with Crippen molar-refractivity contribution >= 4 is 35.8 Å². The number of fused-ring (bicyclic) bond motifs is 1. The normalized spacial score (nSPS) is 18.9. The van der Waals surface area contributed by atoms with Gasteiger partial charge in [0.25, 0.3) is 0 Å². The number of benzene rings is 1. The molecule has 1 fully saturated rings. The van der Waals surface area contributed by atoms with E-state index >= 15 is 0 Å². The summed E-state index contributed by atoms with van der Waals surface area (Å²) in [6.07, 6.45) is 4.87. The Labute approximate surface area is 197 Å². The van der Waals surface area contributed by atoms with Gasteiger partial charge in [-0.15, -0.1) is 24.0 Å². The van der Waals surface area contributed by atoms with Gasteiger partial charge in [-0.3, -0.25) is 9.79 Å². The highest BCUT2D eigenvalue weighted by Gasteiger charge is 2.24. The van der Waals surface area contributed by atoms with Crippen LogP contribution in [0.1, 0.15) is 43.7 Å². The molecule has 1 amide bonds. The van der Waals surface area contributed by atoms with E-state index in [1.807, 2.05) is 4.90 Å². The average Bonchev–Trinajstić information content (AvgIpc) is 2.75. The second-order valence-electron chi connectivity index (χ2n) is 7.80. The van der Waals surface area contributed by atoms with Crippen LogP contribution in [-0.2, 0) is 17.8 Å². The Morgan fingerprint density at radius 1 is 1.17 bits per heavy atom. The van der Waals surface area contributed by atoms with Crippen LogP contribution in [0.3, 0.4) is 0 Å². The van der Waals surface area contributed by atoms with Crippen LogP contribution >= 0.6 is 24.0 Å². The van der Waals surface area contributed by atoms with Crippen molar-refractivity contribution in [2.24, 2.45) is 4.99 Å². The van der Waals surface area contributed by atoms with Gasteiger partial charge in [0.05, 0.1) is 14.2 Å². The maximum Gasteiger partial charge on any atom is 0.224 e. The second kappa shape index (κ2) is 11.6. The van der Waals surface area contributed by atoms with Gasteiger partial charge in [0.2, 0.25) is 5.91 Å². The highest BCUT2D eigenvalue weighted by Crippen LogP contribution is 2.33. The lowest BCUT2D eigenvalue weighted by Gasteiger charge is -2.34. The molecule has 0 aromatic heterocycles. The van der Waals surface area contributed by atoms with Crippen molar-refractivity contribution in [3.05, 3.63) is 23.3 Å². The molecule has 7 nitrogen and oxygen atoms in total. The van der Waals surface area contributed by atoms with E-state index in [0.717, 1.165) is 56.4 Å². The van der Waals surface area contributed by atoms with E-state index in [2.05, 4.69) is 34.3 Å². The van der Waals surface area contributed by atoms with Crippen LogP contribution in [0.4, 0.5) is 0 Å². The summed E-state index contributed by atoms with van der Waals surface area (Å²) in [6, 6.07) is 4.48. The molecule has 0 saturated carbocycles. The number of rotatable bonds is 5. The van der Waals surface area contributed by atoms with E-state index in [1.165, 1.54) is 17.5 Å². The van der Waals surface area contributed by atoms with Gasteiger partial charge in [-0.1, -0.05) is 0 Å². The van der Waals surface area contributed by atoms with Gasteiger partial charge < -0.3 is 24.6 Å². The molecule has 0 radical (unpaired) electrons. The van der Waals surface area contributed by atoms with E-state index in [-0.39, 0.29) is 29.9 Å². The van der Waals surface area contributed by atoms with Crippen LogP contribution in [0.25, 0.3) is 0 Å². The molecule has 3 rings (SSSR count). The van der Waals surface area contributed by atoms with Crippen molar-refractivity contribution in [3.63, 3.8) is 0 Å². The van der Waals surface area contributed by atoms with Gasteiger partial charge >= 0.3 is 0 Å². The standard InChI is InChI=1S/C22H34N4O3.HI/c1-16-7-5-6-11-26(16)21(27)8-10-24-22(23-2)25-12-9-17-13-19(28-3)20(29-4)14-18(17)15-25;/h13-14,16H,5-12,15H2,1-4H3,(H,23,24);1H. The smallest absolute Gasteiger partial charge is 0.224 e. The Morgan fingerprint density at radius 3 is 2.50 bits per heavy atom. The zero-order valence-electron chi connectivity index (χ0n) is 18.6. The first-order valence-electron chi connectivity index (χ1n) is 10.6. The van der Waals surface area contributed by atoms with Crippen molar-refractivity contribution in [1.29, 1.82) is 0 Å². The van der Waals surface area contributed by atoms with Gasteiger partial charge in [-0.05, 0) is 55.9 Å². The number of ether oxygens (including phenoxy) is 2. The van der Waals surface area contributed by atoms with Crippen LogP contribution < -0.4 is 14.8 Å². The number of guanidine groups is 1. The highest BCUT2D eigenvalue weighted by atomic mass is 127. The summed E-state index contributed by atoms with van der Waals surface area (Å²) in [5.41, 5.74) is 2.50. The summed E-state index contributed by atoms with van der Waals surface area (Å²) in [5, 5.41) is 3.38. The topological polar surface area (TPSA) is 66.4 Å². The first-order valence-corrected chi connectivity index (χ1v) is 10.6. The van der Waals surface area contributed by atoms with Crippen LogP contribution in [0.5, 0.6) is 11.5 Å². The summed E-state index contributed by atoms with van der Waals surface area (Å²) >= 11 is 0. The number of hydrogen-bond donors (Lipinski definition) is 1. The summed E-state index contributed by atoms with van der Waals surface area (Å²) in [5.74, 6) is 2.59.